The van der Waals surface area contributed by atoms with Crippen LogP contribution in [0, 0.1) is 5.82 Å². The smallest absolute Gasteiger partial charge is 0.321 e. The summed E-state index contributed by atoms with van der Waals surface area (Å²) in [6.45, 7) is 2.74. The second-order valence-electron chi connectivity index (χ2n) is 5.84. The van der Waals surface area contributed by atoms with Gasteiger partial charge in [-0.3, -0.25) is 10.1 Å². The summed E-state index contributed by atoms with van der Waals surface area (Å²) in [7, 11) is 1.87. The first-order valence-corrected chi connectivity index (χ1v) is 8.21. The topological polar surface area (TPSA) is 62.6 Å². The highest BCUT2D eigenvalue weighted by Gasteiger charge is 2.30. The molecule has 0 saturated carbocycles. The van der Waals surface area contributed by atoms with E-state index in [-0.39, 0.29) is 11.7 Å². The minimum absolute atomic E-state index is 0.296. The van der Waals surface area contributed by atoms with Crippen molar-refractivity contribution in [1.29, 1.82) is 0 Å². The molecular formula is C19H23FN3O2+. The number of nitrogens with one attached hydrogen (secondary N) is 3. The van der Waals surface area contributed by atoms with Crippen molar-refractivity contribution in [3.63, 3.8) is 0 Å². The average Bonchev–Trinajstić information content (AvgIpc) is 2.58. The zero-order valence-corrected chi connectivity index (χ0v) is 14.4. The van der Waals surface area contributed by atoms with Gasteiger partial charge in [-0.2, -0.15) is 0 Å². The number of benzene rings is 2. The molecule has 2 rings (SSSR count). The number of likely N-dealkylation sites (N-methyl/N-ethyl adjacent to an activating group) is 1. The minimum atomic E-state index is -0.561. The molecule has 3 N–H and O–H groups in total. The summed E-state index contributed by atoms with van der Waals surface area (Å²) in [4.78, 5) is 25.3. The van der Waals surface area contributed by atoms with E-state index in [4.69, 9.17) is 0 Å². The average molecular weight is 344 g/mol. The molecule has 0 fully saturated rings. The molecule has 6 heteroatoms. The molecule has 0 heterocycles. The summed E-state index contributed by atoms with van der Waals surface area (Å²) in [6, 6.07) is 14.4. The molecule has 132 valence electrons. The number of quaternary nitrogens is 1. The van der Waals surface area contributed by atoms with Crippen LogP contribution in [-0.4, -0.2) is 25.5 Å². The van der Waals surface area contributed by atoms with Gasteiger partial charge in [0.25, 0.3) is 5.91 Å². The molecule has 5 nitrogen and oxygen atoms in total. The van der Waals surface area contributed by atoms with Crippen molar-refractivity contribution in [2.24, 2.45) is 0 Å². The molecule has 0 bridgehead atoms. The van der Waals surface area contributed by atoms with Gasteiger partial charge in [0.15, 0.2) is 6.04 Å². The number of carbonyl (C=O) groups is 2. The molecule has 3 amide bonds. The monoisotopic (exact) mass is 344 g/mol. The molecule has 2 atom stereocenters. The fourth-order valence-corrected chi connectivity index (χ4v) is 2.72. The van der Waals surface area contributed by atoms with Crippen LogP contribution in [0.2, 0.25) is 0 Å². The van der Waals surface area contributed by atoms with E-state index in [0.717, 1.165) is 16.0 Å². The van der Waals surface area contributed by atoms with Crippen molar-refractivity contribution in [1.82, 2.24) is 10.6 Å². The second-order valence-corrected chi connectivity index (χ2v) is 5.84. The number of hydrogen-bond acceptors (Lipinski definition) is 2. The maximum atomic E-state index is 13.1. The molecule has 0 aliphatic heterocycles. The number of imide groups is 1. The molecule has 0 spiro atoms. The Morgan fingerprint density at radius 3 is 2.32 bits per heavy atom. The molecular weight excluding hydrogens is 321 g/mol. The Morgan fingerprint density at radius 2 is 1.72 bits per heavy atom. The Morgan fingerprint density at radius 1 is 1.08 bits per heavy atom. The van der Waals surface area contributed by atoms with E-state index in [0.29, 0.717) is 13.1 Å². The van der Waals surface area contributed by atoms with Crippen molar-refractivity contribution >= 4 is 11.9 Å². The van der Waals surface area contributed by atoms with Gasteiger partial charge in [0.05, 0.1) is 7.05 Å². The van der Waals surface area contributed by atoms with Crippen LogP contribution >= 0.6 is 0 Å². The Hall–Kier alpha value is -2.73. The van der Waals surface area contributed by atoms with Crippen molar-refractivity contribution in [2.45, 2.75) is 19.5 Å². The zero-order valence-electron chi connectivity index (χ0n) is 14.4. The van der Waals surface area contributed by atoms with E-state index in [9.17, 15) is 14.0 Å². The quantitative estimate of drug-likeness (QED) is 0.742. The fraction of sp³-hybridized carbons (Fsp3) is 0.263. The highest BCUT2D eigenvalue weighted by molar-refractivity contribution is 5.96. The van der Waals surface area contributed by atoms with Crippen molar-refractivity contribution in [3.05, 3.63) is 71.5 Å². The Labute approximate surface area is 146 Å². The number of rotatable bonds is 6. The molecule has 0 aliphatic carbocycles. The number of halogens is 1. The predicted octanol–water partition coefficient (Wildman–Crippen LogP) is 1.43. The van der Waals surface area contributed by atoms with E-state index in [1.807, 2.05) is 37.4 Å². The zero-order chi connectivity index (χ0) is 18.2. The third kappa shape index (κ3) is 5.39. The van der Waals surface area contributed by atoms with Crippen LogP contribution in [0.25, 0.3) is 0 Å². The van der Waals surface area contributed by atoms with Crippen LogP contribution in [0.4, 0.5) is 9.18 Å². The summed E-state index contributed by atoms with van der Waals surface area (Å²) in [5.41, 5.74) is 1.72. The molecule has 0 radical (unpaired) electrons. The lowest BCUT2D eigenvalue weighted by atomic mass is 10.0. The van der Waals surface area contributed by atoms with E-state index >= 15 is 0 Å². The Kier molecular flexibility index (Phi) is 6.65. The maximum Gasteiger partial charge on any atom is 0.321 e. The molecule has 2 aromatic carbocycles. The molecule has 0 aromatic heterocycles. The van der Waals surface area contributed by atoms with Gasteiger partial charge >= 0.3 is 6.03 Å². The van der Waals surface area contributed by atoms with Crippen LogP contribution in [0.1, 0.15) is 24.1 Å². The van der Waals surface area contributed by atoms with Crippen LogP contribution in [-0.2, 0) is 11.3 Å². The van der Waals surface area contributed by atoms with Gasteiger partial charge in [0.2, 0.25) is 0 Å². The van der Waals surface area contributed by atoms with Gasteiger partial charge in [0, 0.05) is 17.7 Å². The highest BCUT2D eigenvalue weighted by atomic mass is 19.1. The molecule has 0 saturated heterocycles. The largest absolute Gasteiger partial charge is 0.338 e. The van der Waals surface area contributed by atoms with Gasteiger partial charge in [-0.25, -0.2) is 9.18 Å². The third-order valence-electron chi connectivity index (χ3n) is 3.86. The van der Waals surface area contributed by atoms with E-state index in [1.165, 1.54) is 12.1 Å². The summed E-state index contributed by atoms with van der Waals surface area (Å²) in [6.07, 6.45) is 0. The third-order valence-corrected chi connectivity index (χ3v) is 3.86. The summed E-state index contributed by atoms with van der Waals surface area (Å²) < 4.78 is 13.1. The molecule has 2 aromatic rings. The van der Waals surface area contributed by atoms with E-state index < -0.39 is 12.1 Å². The van der Waals surface area contributed by atoms with Crippen LogP contribution in [0.5, 0.6) is 0 Å². The Bertz CT molecular complexity index is 704. The predicted molar refractivity (Wildman–Crippen MR) is 93.4 cm³/mol. The summed E-state index contributed by atoms with van der Waals surface area (Å²) >= 11 is 0. The van der Waals surface area contributed by atoms with Crippen LogP contribution in [0.15, 0.2) is 54.6 Å². The van der Waals surface area contributed by atoms with Crippen LogP contribution < -0.4 is 15.5 Å². The van der Waals surface area contributed by atoms with Crippen molar-refractivity contribution in [2.75, 3.05) is 13.6 Å². The number of hydrogen-bond donors (Lipinski definition) is 3. The highest BCUT2D eigenvalue weighted by Crippen LogP contribution is 2.10. The number of urea groups is 1. The van der Waals surface area contributed by atoms with Crippen molar-refractivity contribution in [3.8, 4) is 0 Å². The molecule has 1 unspecified atom stereocenters. The van der Waals surface area contributed by atoms with Gasteiger partial charge in [-0.1, -0.05) is 42.5 Å². The standard InChI is InChI=1S/C19H22FN3O2/c1-3-21-19(25)22-18(24)17(15-7-5-4-6-8-15)23(2)13-14-9-11-16(20)12-10-14/h4-12,17H,3,13H2,1-2H3,(H2,21,22,24,25)/p+1/t17-/m0/s1. The van der Waals surface area contributed by atoms with E-state index in [1.54, 1.807) is 19.1 Å². The Balaban J connectivity index is 2.20. The van der Waals surface area contributed by atoms with Gasteiger partial charge in [-0.15, -0.1) is 0 Å². The SMILES string of the molecule is CCNC(=O)NC(=O)[C@H](c1ccccc1)[NH+](C)Cc1ccc(F)cc1. The van der Waals surface area contributed by atoms with Gasteiger partial charge in [0.1, 0.15) is 12.4 Å². The van der Waals surface area contributed by atoms with Crippen molar-refractivity contribution < 1.29 is 18.9 Å². The molecule has 25 heavy (non-hydrogen) atoms. The first-order valence-electron chi connectivity index (χ1n) is 8.21. The summed E-state index contributed by atoms with van der Waals surface area (Å²) in [5.74, 6) is -0.674. The van der Waals surface area contributed by atoms with Gasteiger partial charge in [-0.05, 0) is 19.1 Å². The first kappa shape index (κ1) is 18.6. The fourth-order valence-electron chi connectivity index (χ4n) is 2.72. The minimum Gasteiger partial charge on any atom is -0.338 e. The summed E-state index contributed by atoms with van der Waals surface area (Å²) in [5, 5.41) is 4.94. The first-order chi connectivity index (χ1) is 12.0. The number of carbonyl (C=O) groups excluding carboxylic acids is 2. The lowest BCUT2D eigenvalue weighted by Gasteiger charge is -2.24. The number of amides is 3. The normalized spacial score (nSPS) is 12.9. The van der Waals surface area contributed by atoms with E-state index in [2.05, 4.69) is 10.6 Å². The maximum absolute atomic E-state index is 13.1. The van der Waals surface area contributed by atoms with Gasteiger partial charge < -0.3 is 10.2 Å². The van der Waals surface area contributed by atoms with Crippen LogP contribution in [0.3, 0.4) is 0 Å². The molecule has 0 aliphatic rings. The lowest BCUT2D eigenvalue weighted by Crippen LogP contribution is -3.09. The second kappa shape index (κ2) is 8.94. The lowest BCUT2D eigenvalue weighted by molar-refractivity contribution is -0.916.